The van der Waals surface area contributed by atoms with Gasteiger partial charge in [-0.25, -0.2) is 0 Å². The molecule has 0 saturated heterocycles. The van der Waals surface area contributed by atoms with Gasteiger partial charge in [-0.05, 0) is 116 Å². The number of carbonyl (C=O) groups excluding carboxylic acids is 3. The SMILES string of the molecule is CC/C=C\C/C=C\C/C=C\C/C=C\CCCCC(=O)OCC(COC(=O)CCCCCCCCCCCCCCCCC/C=C\CCCCCCCCCC)OC(=O)CCCCCCCCCCCCC/C=C\C/C=C\CCCCCCC. The van der Waals surface area contributed by atoms with E-state index in [4.69, 9.17) is 14.2 Å². The van der Waals surface area contributed by atoms with E-state index in [1.165, 1.54) is 238 Å². The van der Waals surface area contributed by atoms with Gasteiger partial charge in [0.15, 0.2) is 6.10 Å². The van der Waals surface area contributed by atoms with Crippen LogP contribution in [0.15, 0.2) is 85.1 Å². The summed E-state index contributed by atoms with van der Waals surface area (Å²) >= 11 is 0. The maximum absolute atomic E-state index is 13.0. The minimum atomic E-state index is -0.796. The fourth-order valence-corrected chi connectivity index (χ4v) is 10.5. The van der Waals surface area contributed by atoms with Crippen molar-refractivity contribution < 1.29 is 28.6 Å². The van der Waals surface area contributed by atoms with E-state index in [-0.39, 0.29) is 31.1 Å². The van der Waals surface area contributed by atoms with Crippen LogP contribution in [0.5, 0.6) is 0 Å². The normalized spacial score (nSPS) is 12.6. The van der Waals surface area contributed by atoms with Crippen molar-refractivity contribution in [3.63, 3.8) is 0 Å². The summed E-state index contributed by atoms with van der Waals surface area (Å²) in [6.45, 7) is 6.53. The third-order valence-corrected chi connectivity index (χ3v) is 15.9. The van der Waals surface area contributed by atoms with Crippen LogP contribution in [0, 0.1) is 0 Å². The molecule has 1 atom stereocenters. The van der Waals surface area contributed by atoms with Crippen molar-refractivity contribution in [3.05, 3.63) is 85.1 Å². The summed E-state index contributed by atoms with van der Waals surface area (Å²) in [5.41, 5.74) is 0. The number of carbonyl (C=O) groups is 3. The Balaban J connectivity index is 4.31. The molecule has 0 saturated carbocycles. The molecule has 0 bridgehead atoms. The maximum atomic E-state index is 13.0. The van der Waals surface area contributed by atoms with Crippen molar-refractivity contribution in [2.45, 2.75) is 374 Å². The third kappa shape index (κ3) is 69.3. The average molecular weight is 1160 g/mol. The summed E-state index contributed by atoms with van der Waals surface area (Å²) in [5, 5.41) is 0. The zero-order valence-electron chi connectivity index (χ0n) is 55.2. The van der Waals surface area contributed by atoms with E-state index in [0.29, 0.717) is 19.3 Å². The number of esters is 3. The Morgan fingerprint density at radius 2 is 0.470 bits per heavy atom. The molecule has 0 aromatic heterocycles. The summed E-state index contributed by atoms with van der Waals surface area (Å²) in [6, 6.07) is 0. The van der Waals surface area contributed by atoms with E-state index < -0.39 is 6.10 Å². The second-order valence-electron chi connectivity index (χ2n) is 24.1. The molecule has 0 aromatic rings. The molecule has 0 aliphatic heterocycles. The fraction of sp³-hybridized carbons (Fsp3) is 0.779. The first-order valence-electron chi connectivity index (χ1n) is 36.1. The van der Waals surface area contributed by atoms with Gasteiger partial charge in [0.1, 0.15) is 13.2 Å². The van der Waals surface area contributed by atoms with E-state index in [0.717, 1.165) is 89.9 Å². The molecule has 83 heavy (non-hydrogen) atoms. The lowest BCUT2D eigenvalue weighted by Gasteiger charge is -2.18. The molecule has 0 rings (SSSR count). The smallest absolute Gasteiger partial charge is 0.306 e. The molecule has 0 radical (unpaired) electrons. The Morgan fingerprint density at radius 1 is 0.253 bits per heavy atom. The summed E-state index contributed by atoms with van der Waals surface area (Å²) in [5.74, 6) is -0.915. The monoisotopic (exact) mass is 1160 g/mol. The summed E-state index contributed by atoms with van der Waals surface area (Å²) < 4.78 is 17.0. The van der Waals surface area contributed by atoms with E-state index in [9.17, 15) is 14.4 Å². The van der Waals surface area contributed by atoms with Crippen LogP contribution in [0.4, 0.5) is 0 Å². The van der Waals surface area contributed by atoms with Crippen LogP contribution in [0.25, 0.3) is 0 Å². The Kier molecular flexibility index (Phi) is 68.2. The van der Waals surface area contributed by atoms with Crippen molar-refractivity contribution in [2.24, 2.45) is 0 Å². The summed E-state index contributed by atoms with van der Waals surface area (Å²) in [4.78, 5) is 38.5. The first-order chi connectivity index (χ1) is 41.0. The van der Waals surface area contributed by atoms with Crippen LogP contribution in [-0.4, -0.2) is 37.2 Å². The molecule has 0 spiro atoms. The van der Waals surface area contributed by atoms with Crippen molar-refractivity contribution in [3.8, 4) is 0 Å². The predicted molar refractivity (Wildman–Crippen MR) is 362 cm³/mol. The maximum Gasteiger partial charge on any atom is 0.306 e. The van der Waals surface area contributed by atoms with E-state index >= 15 is 0 Å². The van der Waals surface area contributed by atoms with Crippen LogP contribution < -0.4 is 0 Å². The largest absolute Gasteiger partial charge is 0.462 e. The van der Waals surface area contributed by atoms with E-state index in [1.807, 2.05) is 0 Å². The molecule has 0 N–H and O–H groups in total. The van der Waals surface area contributed by atoms with Gasteiger partial charge >= 0.3 is 17.9 Å². The van der Waals surface area contributed by atoms with Gasteiger partial charge < -0.3 is 14.2 Å². The Bertz CT molecular complexity index is 1570. The topological polar surface area (TPSA) is 78.9 Å². The quantitative estimate of drug-likeness (QED) is 0.0261. The number of hydrogen-bond donors (Lipinski definition) is 0. The minimum Gasteiger partial charge on any atom is -0.462 e. The second-order valence-corrected chi connectivity index (χ2v) is 24.1. The molecule has 6 heteroatoms. The molecule has 0 heterocycles. The molecule has 0 aliphatic rings. The molecule has 0 aromatic carbocycles. The molecule has 0 fully saturated rings. The Labute approximate surface area is 515 Å². The van der Waals surface area contributed by atoms with Gasteiger partial charge in [0.25, 0.3) is 0 Å². The minimum absolute atomic E-state index is 0.0880. The summed E-state index contributed by atoms with van der Waals surface area (Å²) in [7, 11) is 0. The van der Waals surface area contributed by atoms with Gasteiger partial charge in [-0.2, -0.15) is 0 Å². The van der Waals surface area contributed by atoms with Crippen LogP contribution in [0.1, 0.15) is 367 Å². The number of rotatable bonds is 66. The van der Waals surface area contributed by atoms with Crippen molar-refractivity contribution in [1.29, 1.82) is 0 Å². The zero-order valence-corrected chi connectivity index (χ0v) is 55.2. The van der Waals surface area contributed by atoms with Crippen LogP contribution in [0.2, 0.25) is 0 Å². The highest BCUT2D eigenvalue weighted by Gasteiger charge is 2.19. The standard InChI is InChI=1S/C77H136O6/c1-4-7-10-13-16-19-22-25-28-30-32-34-36-37-38-39-41-42-44-46-49-52-55-58-61-64-67-70-76(79)82-73-74(72-81-75(78)69-66-63-60-57-54-51-48-27-24-21-18-15-12-9-6-3)83-77(80)71-68-65-62-59-56-53-50-47-45-43-40-35-33-31-29-26-23-20-17-14-11-8-5-2/h9,12,18,21,23,26-27,30-33,48,54,57,74H,4-8,10-11,13-17,19-20,22,24-25,28-29,34-47,49-53,55-56,58-73H2,1-3H3/b12-9-,21-18-,26-23-,32-30-,33-31-,48-27-,57-54-. The molecule has 6 nitrogen and oxygen atoms in total. The fourth-order valence-electron chi connectivity index (χ4n) is 10.5. The predicted octanol–water partition coefficient (Wildman–Crippen LogP) is 25.0. The Hall–Kier alpha value is -3.41. The van der Waals surface area contributed by atoms with Gasteiger partial charge in [-0.15, -0.1) is 0 Å². The van der Waals surface area contributed by atoms with Crippen LogP contribution >= 0.6 is 0 Å². The van der Waals surface area contributed by atoms with Gasteiger partial charge in [-0.3, -0.25) is 14.4 Å². The average Bonchev–Trinajstić information content (AvgIpc) is 3.49. The Morgan fingerprint density at radius 3 is 0.771 bits per heavy atom. The van der Waals surface area contributed by atoms with Gasteiger partial charge in [0.05, 0.1) is 0 Å². The van der Waals surface area contributed by atoms with Crippen LogP contribution in [0.3, 0.4) is 0 Å². The van der Waals surface area contributed by atoms with Crippen molar-refractivity contribution in [2.75, 3.05) is 13.2 Å². The van der Waals surface area contributed by atoms with Gasteiger partial charge in [0, 0.05) is 19.3 Å². The zero-order chi connectivity index (χ0) is 59.9. The second kappa shape index (κ2) is 71.1. The van der Waals surface area contributed by atoms with Gasteiger partial charge in [-0.1, -0.05) is 318 Å². The molecular weight excluding hydrogens is 1020 g/mol. The lowest BCUT2D eigenvalue weighted by Crippen LogP contribution is -2.30. The van der Waals surface area contributed by atoms with E-state index in [2.05, 4.69) is 106 Å². The number of ether oxygens (including phenoxy) is 3. The molecular formula is C77H136O6. The number of hydrogen-bond acceptors (Lipinski definition) is 6. The highest BCUT2D eigenvalue weighted by Crippen LogP contribution is 2.18. The van der Waals surface area contributed by atoms with Crippen molar-refractivity contribution in [1.82, 2.24) is 0 Å². The first kappa shape index (κ1) is 79.6. The van der Waals surface area contributed by atoms with Crippen molar-refractivity contribution >= 4 is 17.9 Å². The number of unbranched alkanes of at least 4 members (excludes halogenated alkanes) is 41. The highest BCUT2D eigenvalue weighted by atomic mass is 16.6. The first-order valence-corrected chi connectivity index (χ1v) is 36.1. The van der Waals surface area contributed by atoms with Crippen LogP contribution in [-0.2, 0) is 28.6 Å². The van der Waals surface area contributed by atoms with E-state index in [1.54, 1.807) is 0 Å². The molecule has 0 amide bonds. The number of allylic oxidation sites excluding steroid dienone is 14. The lowest BCUT2D eigenvalue weighted by molar-refractivity contribution is -0.167. The van der Waals surface area contributed by atoms with Gasteiger partial charge in [0.2, 0.25) is 0 Å². The summed E-state index contributed by atoms with van der Waals surface area (Å²) in [6.07, 6.45) is 94.8. The molecule has 0 aliphatic carbocycles. The highest BCUT2D eigenvalue weighted by molar-refractivity contribution is 5.71. The molecule has 1 unspecified atom stereocenters. The lowest BCUT2D eigenvalue weighted by atomic mass is 10.0. The third-order valence-electron chi connectivity index (χ3n) is 15.9. The molecule has 480 valence electrons.